The first-order chi connectivity index (χ1) is 8.11. The quantitative estimate of drug-likeness (QED) is 0.739. The van der Waals surface area contributed by atoms with Gasteiger partial charge in [0.05, 0.1) is 0 Å². The molecule has 0 aliphatic rings. The maximum atomic E-state index is 13.0. The maximum Gasteiger partial charge on any atom is 0.126 e. The lowest BCUT2D eigenvalue weighted by Crippen LogP contribution is -2.29. The van der Waals surface area contributed by atoms with Crippen molar-refractivity contribution in [2.75, 3.05) is 26.7 Å². The van der Waals surface area contributed by atoms with Gasteiger partial charge >= 0.3 is 0 Å². The first-order valence-corrected chi connectivity index (χ1v) is 5.96. The van der Waals surface area contributed by atoms with Crippen LogP contribution in [0.1, 0.15) is 18.9 Å². The molecule has 0 heterocycles. The topological polar surface area (TPSA) is 15.3 Å². The highest BCUT2D eigenvalue weighted by Crippen LogP contribution is 2.09. The SMILES string of the molecule is CCCNCCN(C)Cc1cc(F)cc(F)c1. The maximum absolute atomic E-state index is 13.0. The molecule has 1 rings (SSSR count). The second-order valence-corrected chi connectivity index (χ2v) is 4.27. The summed E-state index contributed by atoms with van der Waals surface area (Å²) in [6.45, 7) is 5.43. The van der Waals surface area contributed by atoms with Gasteiger partial charge in [0.1, 0.15) is 11.6 Å². The lowest BCUT2D eigenvalue weighted by atomic mass is 10.2. The van der Waals surface area contributed by atoms with Crippen LogP contribution in [0.2, 0.25) is 0 Å². The van der Waals surface area contributed by atoms with E-state index in [1.165, 1.54) is 12.1 Å². The summed E-state index contributed by atoms with van der Waals surface area (Å²) in [6, 6.07) is 3.64. The molecule has 0 bridgehead atoms. The number of halogens is 2. The van der Waals surface area contributed by atoms with Gasteiger partial charge in [0.25, 0.3) is 0 Å². The zero-order valence-electron chi connectivity index (χ0n) is 10.5. The van der Waals surface area contributed by atoms with Crippen LogP contribution in [0.5, 0.6) is 0 Å². The first kappa shape index (κ1) is 14.1. The van der Waals surface area contributed by atoms with Crippen LogP contribution in [0.15, 0.2) is 18.2 Å². The van der Waals surface area contributed by atoms with Crippen molar-refractivity contribution in [3.05, 3.63) is 35.4 Å². The average molecular weight is 242 g/mol. The molecule has 1 aromatic rings. The Labute approximate surface area is 102 Å². The lowest BCUT2D eigenvalue weighted by Gasteiger charge is -2.17. The second-order valence-electron chi connectivity index (χ2n) is 4.27. The number of likely N-dealkylation sites (N-methyl/N-ethyl adjacent to an activating group) is 1. The highest BCUT2D eigenvalue weighted by molar-refractivity contribution is 5.17. The Bertz CT molecular complexity index is 322. The van der Waals surface area contributed by atoms with Gasteiger partial charge in [0, 0.05) is 25.7 Å². The van der Waals surface area contributed by atoms with E-state index >= 15 is 0 Å². The fourth-order valence-corrected chi connectivity index (χ4v) is 1.66. The van der Waals surface area contributed by atoms with Crippen molar-refractivity contribution < 1.29 is 8.78 Å². The summed E-state index contributed by atoms with van der Waals surface area (Å²) in [7, 11) is 1.94. The summed E-state index contributed by atoms with van der Waals surface area (Å²) in [5, 5.41) is 3.28. The summed E-state index contributed by atoms with van der Waals surface area (Å²) in [6.07, 6.45) is 1.11. The zero-order valence-corrected chi connectivity index (χ0v) is 10.5. The highest BCUT2D eigenvalue weighted by atomic mass is 19.1. The normalized spacial score (nSPS) is 11.1. The van der Waals surface area contributed by atoms with Crippen LogP contribution in [-0.2, 0) is 6.54 Å². The number of hydrogen-bond donors (Lipinski definition) is 1. The number of benzene rings is 1. The van der Waals surface area contributed by atoms with E-state index in [0.29, 0.717) is 12.1 Å². The molecule has 0 unspecified atom stereocenters. The third kappa shape index (κ3) is 5.75. The van der Waals surface area contributed by atoms with E-state index in [4.69, 9.17) is 0 Å². The van der Waals surface area contributed by atoms with Gasteiger partial charge in [-0.05, 0) is 37.7 Å². The molecule has 17 heavy (non-hydrogen) atoms. The molecule has 0 aromatic heterocycles. The minimum Gasteiger partial charge on any atom is -0.315 e. The van der Waals surface area contributed by atoms with E-state index in [2.05, 4.69) is 12.2 Å². The highest BCUT2D eigenvalue weighted by Gasteiger charge is 2.03. The molecule has 0 aliphatic heterocycles. The van der Waals surface area contributed by atoms with Crippen molar-refractivity contribution in [1.82, 2.24) is 10.2 Å². The predicted molar refractivity (Wildman–Crippen MR) is 65.9 cm³/mol. The molecule has 0 atom stereocenters. The summed E-state index contributed by atoms with van der Waals surface area (Å²) in [4.78, 5) is 2.04. The molecule has 0 aliphatic carbocycles. The van der Waals surface area contributed by atoms with Crippen LogP contribution in [0.3, 0.4) is 0 Å². The number of nitrogens with one attached hydrogen (secondary N) is 1. The number of rotatable bonds is 7. The van der Waals surface area contributed by atoms with E-state index in [1.54, 1.807) is 0 Å². The van der Waals surface area contributed by atoms with Crippen LogP contribution < -0.4 is 5.32 Å². The van der Waals surface area contributed by atoms with Gasteiger partial charge in [-0.3, -0.25) is 0 Å². The molecule has 0 fully saturated rings. The summed E-state index contributed by atoms with van der Waals surface area (Å²) < 4.78 is 25.9. The van der Waals surface area contributed by atoms with Gasteiger partial charge in [-0.15, -0.1) is 0 Å². The van der Waals surface area contributed by atoms with Crippen molar-refractivity contribution in [2.45, 2.75) is 19.9 Å². The van der Waals surface area contributed by atoms with E-state index < -0.39 is 11.6 Å². The van der Waals surface area contributed by atoms with Gasteiger partial charge in [0.2, 0.25) is 0 Å². The van der Waals surface area contributed by atoms with Gasteiger partial charge in [-0.25, -0.2) is 8.78 Å². The van der Waals surface area contributed by atoms with Crippen molar-refractivity contribution in [3.63, 3.8) is 0 Å². The Morgan fingerprint density at radius 1 is 1.12 bits per heavy atom. The number of hydrogen-bond acceptors (Lipinski definition) is 2. The molecule has 0 spiro atoms. The van der Waals surface area contributed by atoms with Crippen molar-refractivity contribution >= 4 is 0 Å². The van der Waals surface area contributed by atoms with Crippen LogP contribution in [-0.4, -0.2) is 31.6 Å². The molecule has 0 amide bonds. The van der Waals surface area contributed by atoms with E-state index in [-0.39, 0.29) is 0 Å². The summed E-state index contributed by atoms with van der Waals surface area (Å²) in [5.41, 5.74) is 0.667. The van der Waals surface area contributed by atoms with Gasteiger partial charge in [-0.2, -0.15) is 0 Å². The van der Waals surface area contributed by atoms with Crippen molar-refractivity contribution in [3.8, 4) is 0 Å². The minimum atomic E-state index is -0.516. The third-order valence-electron chi connectivity index (χ3n) is 2.47. The van der Waals surface area contributed by atoms with E-state index in [0.717, 1.165) is 32.1 Å². The van der Waals surface area contributed by atoms with Crippen LogP contribution >= 0.6 is 0 Å². The Morgan fingerprint density at radius 3 is 2.35 bits per heavy atom. The fourth-order valence-electron chi connectivity index (χ4n) is 1.66. The van der Waals surface area contributed by atoms with Gasteiger partial charge in [0.15, 0.2) is 0 Å². The molecule has 0 saturated heterocycles. The van der Waals surface area contributed by atoms with Crippen molar-refractivity contribution in [2.24, 2.45) is 0 Å². The van der Waals surface area contributed by atoms with Crippen molar-refractivity contribution in [1.29, 1.82) is 0 Å². The average Bonchev–Trinajstić information content (AvgIpc) is 2.23. The molecule has 0 saturated carbocycles. The number of nitrogens with zero attached hydrogens (tertiary/aromatic N) is 1. The molecule has 2 nitrogen and oxygen atoms in total. The Morgan fingerprint density at radius 2 is 1.76 bits per heavy atom. The summed E-state index contributed by atoms with van der Waals surface area (Å²) >= 11 is 0. The lowest BCUT2D eigenvalue weighted by molar-refractivity contribution is 0.323. The molecule has 1 N–H and O–H groups in total. The van der Waals surface area contributed by atoms with Crippen LogP contribution in [0.25, 0.3) is 0 Å². The van der Waals surface area contributed by atoms with Crippen LogP contribution in [0.4, 0.5) is 8.78 Å². The smallest absolute Gasteiger partial charge is 0.126 e. The first-order valence-electron chi connectivity index (χ1n) is 5.96. The summed E-state index contributed by atoms with van der Waals surface area (Å²) in [5.74, 6) is -1.03. The predicted octanol–water partition coefficient (Wildman–Crippen LogP) is 2.40. The standard InChI is InChI=1S/C13H20F2N2/c1-3-4-16-5-6-17(2)10-11-7-12(14)9-13(15)8-11/h7-9,16H,3-6,10H2,1-2H3. The molecule has 96 valence electrons. The molecular weight excluding hydrogens is 222 g/mol. The fraction of sp³-hybridized carbons (Fsp3) is 0.538. The molecular formula is C13H20F2N2. The second kappa shape index (κ2) is 7.35. The third-order valence-corrected chi connectivity index (χ3v) is 2.47. The zero-order chi connectivity index (χ0) is 12.7. The Balaban J connectivity index is 2.36. The molecule has 0 radical (unpaired) electrons. The van der Waals surface area contributed by atoms with Gasteiger partial charge in [-0.1, -0.05) is 6.92 Å². The monoisotopic (exact) mass is 242 g/mol. The molecule has 1 aromatic carbocycles. The van der Waals surface area contributed by atoms with E-state index in [1.807, 2.05) is 11.9 Å². The Hall–Kier alpha value is -1.00. The van der Waals surface area contributed by atoms with E-state index in [9.17, 15) is 8.78 Å². The van der Waals surface area contributed by atoms with Gasteiger partial charge < -0.3 is 10.2 Å². The Kier molecular flexibility index (Phi) is 6.08. The largest absolute Gasteiger partial charge is 0.315 e. The minimum absolute atomic E-state index is 0.516. The van der Waals surface area contributed by atoms with Crippen LogP contribution in [0, 0.1) is 11.6 Å². The molecule has 4 heteroatoms.